The molecule has 0 aliphatic carbocycles. The first kappa shape index (κ1) is 22.1. The molecule has 0 aromatic heterocycles. The van der Waals surface area contributed by atoms with Crippen molar-refractivity contribution in [3.05, 3.63) is 29.8 Å². The number of carbonyl (C=O) groups excluding carboxylic acids is 2. The van der Waals surface area contributed by atoms with Crippen molar-refractivity contribution in [3.63, 3.8) is 0 Å². The van der Waals surface area contributed by atoms with E-state index < -0.39 is 30.8 Å². The molecule has 1 heterocycles. The number of nitrogens with two attached hydrogens (primary N) is 1. The Morgan fingerprint density at radius 3 is 2.77 bits per heavy atom. The zero-order chi connectivity index (χ0) is 18.4. The summed E-state index contributed by atoms with van der Waals surface area (Å²) in [5, 5.41) is 5.03. The minimum absolute atomic E-state index is 0. The van der Waals surface area contributed by atoms with Crippen molar-refractivity contribution in [1.82, 2.24) is 10.2 Å². The molecule has 0 spiro atoms. The summed E-state index contributed by atoms with van der Waals surface area (Å²) in [6.07, 6.45) is 1.21. The Bertz CT molecular complexity index is 631. The van der Waals surface area contributed by atoms with Crippen molar-refractivity contribution < 1.29 is 18.4 Å². The van der Waals surface area contributed by atoms with Crippen LogP contribution in [-0.2, 0) is 4.79 Å². The maximum atomic E-state index is 13.1. The standard InChI is InChI=1S/C17H24F2N4O2.ClH/c1-12-4-2-6-14(8-12)22-16(25)23-7-3-5-13(9-23)15(24)21-11-17(18,19)10-20;/h2,4,6,8,13H,3,5,7,9-11,20H2,1H3,(H,21,24)(H,22,25);1H. The number of alkyl halides is 2. The highest BCUT2D eigenvalue weighted by atomic mass is 35.5. The van der Waals surface area contributed by atoms with Crippen LogP contribution in [0.5, 0.6) is 0 Å². The van der Waals surface area contributed by atoms with Crippen LogP contribution in [0.25, 0.3) is 0 Å². The molecule has 1 unspecified atom stereocenters. The third kappa shape index (κ3) is 6.42. The third-order valence-corrected chi connectivity index (χ3v) is 4.17. The number of hydrogen-bond acceptors (Lipinski definition) is 3. The number of anilines is 1. The second-order valence-corrected chi connectivity index (χ2v) is 6.36. The van der Waals surface area contributed by atoms with Crippen LogP contribution in [0.3, 0.4) is 0 Å². The lowest BCUT2D eigenvalue weighted by Gasteiger charge is -2.32. The summed E-state index contributed by atoms with van der Waals surface area (Å²) in [6.45, 7) is 1.06. The van der Waals surface area contributed by atoms with Gasteiger partial charge in [0.1, 0.15) is 0 Å². The Balaban J connectivity index is 0.00000338. The summed E-state index contributed by atoms with van der Waals surface area (Å²) >= 11 is 0. The number of nitrogens with zero attached hydrogens (tertiary/aromatic N) is 1. The maximum absolute atomic E-state index is 13.1. The smallest absolute Gasteiger partial charge is 0.321 e. The first-order chi connectivity index (χ1) is 11.8. The number of nitrogens with one attached hydrogen (secondary N) is 2. The molecule has 3 amide bonds. The summed E-state index contributed by atoms with van der Waals surface area (Å²) < 4.78 is 26.3. The predicted octanol–water partition coefficient (Wildman–Crippen LogP) is 2.37. The number of benzene rings is 1. The second kappa shape index (κ2) is 9.68. The van der Waals surface area contributed by atoms with Gasteiger partial charge in [-0.25, -0.2) is 13.6 Å². The fourth-order valence-electron chi connectivity index (χ4n) is 2.73. The second-order valence-electron chi connectivity index (χ2n) is 6.36. The number of likely N-dealkylation sites (tertiary alicyclic amines) is 1. The number of aryl methyl sites for hydroxylation is 1. The van der Waals surface area contributed by atoms with Gasteiger partial charge in [-0.1, -0.05) is 12.1 Å². The number of carbonyl (C=O) groups is 2. The minimum atomic E-state index is -3.12. The van der Waals surface area contributed by atoms with E-state index in [-0.39, 0.29) is 25.0 Å². The van der Waals surface area contributed by atoms with Gasteiger partial charge in [0.2, 0.25) is 5.91 Å². The van der Waals surface area contributed by atoms with E-state index >= 15 is 0 Å². The molecule has 1 aromatic carbocycles. The molecule has 4 N–H and O–H groups in total. The molecule has 26 heavy (non-hydrogen) atoms. The van der Waals surface area contributed by atoms with Gasteiger partial charge in [-0.3, -0.25) is 4.79 Å². The van der Waals surface area contributed by atoms with Gasteiger partial charge in [-0.2, -0.15) is 0 Å². The van der Waals surface area contributed by atoms with Crippen LogP contribution in [0.15, 0.2) is 24.3 Å². The fourth-order valence-corrected chi connectivity index (χ4v) is 2.73. The number of piperidine rings is 1. The van der Waals surface area contributed by atoms with Crippen LogP contribution in [0.4, 0.5) is 19.3 Å². The van der Waals surface area contributed by atoms with Gasteiger partial charge >= 0.3 is 6.03 Å². The normalized spacial score (nSPS) is 17.2. The summed E-state index contributed by atoms with van der Waals surface area (Å²) in [4.78, 5) is 26.0. The van der Waals surface area contributed by atoms with Crippen LogP contribution in [0.1, 0.15) is 18.4 Å². The van der Waals surface area contributed by atoms with Crippen molar-refractivity contribution in [2.45, 2.75) is 25.7 Å². The fraction of sp³-hybridized carbons (Fsp3) is 0.529. The molecule has 1 fully saturated rings. The van der Waals surface area contributed by atoms with Gasteiger partial charge in [-0.05, 0) is 37.5 Å². The topological polar surface area (TPSA) is 87.5 Å². The van der Waals surface area contributed by atoms with Crippen molar-refractivity contribution in [1.29, 1.82) is 0 Å². The summed E-state index contributed by atoms with van der Waals surface area (Å²) in [5.41, 5.74) is 6.66. The van der Waals surface area contributed by atoms with E-state index in [9.17, 15) is 18.4 Å². The van der Waals surface area contributed by atoms with Gasteiger partial charge in [-0.15, -0.1) is 12.4 Å². The SMILES string of the molecule is Cc1cccc(NC(=O)N2CCCC(C(=O)NCC(F)(F)CN)C2)c1.Cl. The lowest BCUT2D eigenvalue weighted by molar-refractivity contribution is -0.128. The number of halogens is 3. The van der Waals surface area contributed by atoms with Crippen LogP contribution < -0.4 is 16.4 Å². The highest BCUT2D eigenvalue weighted by Gasteiger charge is 2.32. The average Bonchev–Trinajstić information content (AvgIpc) is 2.60. The average molecular weight is 391 g/mol. The van der Waals surface area contributed by atoms with E-state index in [0.29, 0.717) is 25.1 Å². The molecule has 1 aromatic rings. The van der Waals surface area contributed by atoms with Gasteiger partial charge in [0.05, 0.1) is 19.0 Å². The van der Waals surface area contributed by atoms with Crippen LogP contribution in [0.2, 0.25) is 0 Å². The molecule has 6 nitrogen and oxygen atoms in total. The highest BCUT2D eigenvalue weighted by Crippen LogP contribution is 2.19. The molecule has 2 rings (SSSR count). The van der Waals surface area contributed by atoms with E-state index in [2.05, 4.69) is 10.6 Å². The van der Waals surface area contributed by atoms with Gasteiger partial charge < -0.3 is 21.3 Å². The molecule has 1 atom stereocenters. The van der Waals surface area contributed by atoms with E-state index in [1.54, 1.807) is 6.07 Å². The van der Waals surface area contributed by atoms with Crippen LogP contribution in [0, 0.1) is 12.8 Å². The molecule has 1 aliphatic heterocycles. The Morgan fingerprint density at radius 2 is 2.12 bits per heavy atom. The summed E-state index contributed by atoms with van der Waals surface area (Å²) in [7, 11) is 0. The quantitative estimate of drug-likeness (QED) is 0.721. The van der Waals surface area contributed by atoms with E-state index in [1.807, 2.05) is 25.1 Å². The largest absolute Gasteiger partial charge is 0.350 e. The summed E-state index contributed by atoms with van der Waals surface area (Å²) in [5.74, 6) is -4.08. The Kier molecular flexibility index (Phi) is 8.23. The Labute approximate surface area is 157 Å². The molecule has 1 aliphatic rings. The Morgan fingerprint density at radius 1 is 1.38 bits per heavy atom. The molecule has 146 valence electrons. The summed E-state index contributed by atoms with van der Waals surface area (Å²) in [6, 6.07) is 7.10. The number of urea groups is 1. The maximum Gasteiger partial charge on any atom is 0.321 e. The highest BCUT2D eigenvalue weighted by molar-refractivity contribution is 5.90. The molecule has 0 radical (unpaired) electrons. The molecule has 9 heteroatoms. The lowest BCUT2D eigenvalue weighted by atomic mass is 9.97. The van der Waals surface area contributed by atoms with Crippen LogP contribution in [-0.4, -0.2) is 48.9 Å². The number of rotatable bonds is 5. The molecular weight excluding hydrogens is 366 g/mol. The first-order valence-corrected chi connectivity index (χ1v) is 8.29. The molecule has 1 saturated heterocycles. The zero-order valence-corrected chi connectivity index (χ0v) is 15.5. The van der Waals surface area contributed by atoms with Crippen LogP contribution >= 0.6 is 12.4 Å². The third-order valence-electron chi connectivity index (χ3n) is 4.17. The van der Waals surface area contributed by atoms with Crippen molar-refractivity contribution >= 4 is 30.0 Å². The number of hydrogen-bond donors (Lipinski definition) is 3. The number of amides is 3. The minimum Gasteiger partial charge on any atom is -0.350 e. The lowest BCUT2D eigenvalue weighted by Crippen LogP contribution is -2.49. The molecule has 0 bridgehead atoms. The Hall–Kier alpha value is -1.93. The van der Waals surface area contributed by atoms with Gasteiger partial charge in [0, 0.05) is 18.8 Å². The van der Waals surface area contributed by atoms with E-state index in [4.69, 9.17) is 5.73 Å². The van der Waals surface area contributed by atoms with Gasteiger partial charge in [0.25, 0.3) is 5.92 Å². The monoisotopic (exact) mass is 390 g/mol. The van der Waals surface area contributed by atoms with Crippen molar-refractivity contribution in [2.75, 3.05) is 31.5 Å². The van der Waals surface area contributed by atoms with E-state index in [0.717, 1.165) is 5.56 Å². The van der Waals surface area contributed by atoms with Crippen molar-refractivity contribution in [3.8, 4) is 0 Å². The predicted molar refractivity (Wildman–Crippen MR) is 98.8 cm³/mol. The van der Waals surface area contributed by atoms with E-state index in [1.165, 1.54) is 4.90 Å². The molecular formula is C17H25ClF2N4O2. The van der Waals surface area contributed by atoms with Gasteiger partial charge in [0.15, 0.2) is 0 Å². The first-order valence-electron chi connectivity index (χ1n) is 8.29. The zero-order valence-electron chi connectivity index (χ0n) is 14.6. The molecule has 0 saturated carbocycles. The van der Waals surface area contributed by atoms with Crippen molar-refractivity contribution in [2.24, 2.45) is 11.7 Å².